The lowest BCUT2D eigenvalue weighted by molar-refractivity contribution is 0.414. The topological polar surface area (TPSA) is 35.2 Å². The molecule has 100 valence electrons. The van der Waals surface area contributed by atoms with Crippen molar-refractivity contribution in [3.05, 3.63) is 65.2 Å². The number of ether oxygens (including phenoxy) is 1. The van der Waals surface area contributed by atoms with E-state index in [9.17, 15) is 0 Å². The number of benzene rings is 2. The lowest BCUT2D eigenvalue weighted by Crippen LogP contribution is -2.11. The molecule has 1 unspecified atom stereocenters. The molecule has 0 fully saturated rings. The van der Waals surface area contributed by atoms with Gasteiger partial charge in [0.1, 0.15) is 5.75 Å². The van der Waals surface area contributed by atoms with Crippen LogP contribution in [0.1, 0.15) is 36.1 Å². The lowest BCUT2D eigenvalue weighted by Gasteiger charge is -2.14. The summed E-state index contributed by atoms with van der Waals surface area (Å²) in [6.45, 7) is 2.19. The molecule has 0 saturated heterocycles. The maximum absolute atomic E-state index is 6.31. The van der Waals surface area contributed by atoms with Crippen LogP contribution in [0.2, 0.25) is 0 Å². The van der Waals surface area contributed by atoms with Gasteiger partial charge in [0.05, 0.1) is 13.2 Å². The first-order valence-electron chi connectivity index (χ1n) is 6.73. The van der Waals surface area contributed by atoms with Gasteiger partial charge < -0.3 is 10.5 Å². The highest BCUT2D eigenvalue weighted by Gasteiger charge is 2.09. The van der Waals surface area contributed by atoms with Crippen LogP contribution >= 0.6 is 0 Å². The average molecular weight is 255 g/mol. The van der Waals surface area contributed by atoms with Crippen molar-refractivity contribution in [3.8, 4) is 5.75 Å². The van der Waals surface area contributed by atoms with Crippen LogP contribution in [0.3, 0.4) is 0 Å². The number of hydrogen-bond donors (Lipinski definition) is 1. The van der Waals surface area contributed by atoms with Crippen LogP contribution in [0, 0.1) is 0 Å². The Hall–Kier alpha value is -1.80. The van der Waals surface area contributed by atoms with Crippen LogP contribution < -0.4 is 10.5 Å². The van der Waals surface area contributed by atoms with Gasteiger partial charge in [0.15, 0.2) is 0 Å². The predicted molar refractivity (Wildman–Crippen MR) is 79.5 cm³/mol. The fourth-order valence-electron chi connectivity index (χ4n) is 2.21. The summed E-state index contributed by atoms with van der Waals surface area (Å²) in [6, 6.07) is 16.4. The SMILES string of the molecule is CCCc1ccc(C(N)c2cccc(OC)c2)cc1. The van der Waals surface area contributed by atoms with Gasteiger partial charge in [-0.15, -0.1) is 0 Å². The Balaban J connectivity index is 2.20. The van der Waals surface area contributed by atoms with Crippen LogP contribution in [0.5, 0.6) is 5.75 Å². The van der Waals surface area contributed by atoms with Crippen LogP contribution in [-0.4, -0.2) is 7.11 Å². The van der Waals surface area contributed by atoms with Crippen molar-refractivity contribution in [2.75, 3.05) is 7.11 Å². The fourth-order valence-corrected chi connectivity index (χ4v) is 2.21. The number of nitrogens with two attached hydrogens (primary N) is 1. The van der Waals surface area contributed by atoms with Crippen molar-refractivity contribution in [3.63, 3.8) is 0 Å². The van der Waals surface area contributed by atoms with Gasteiger partial charge in [0, 0.05) is 0 Å². The molecule has 1 atom stereocenters. The second-order valence-corrected chi connectivity index (χ2v) is 4.75. The van der Waals surface area contributed by atoms with E-state index in [1.165, 1.54) is 12.0 Å². The second kappa shape index (κ2) is 6.39. The molecule has 2 heteroatoms. The van der Waals surface area contributed by atoms with Crippen molar-refractivity contribution in [1.29, 1.82) is 0 Å². The summed E-state index contributed by atoms with van der Waals surface area (Å²) in [7, 11) is 1.67. The Bertz CT molecular complexity index is 519. The zero-order valence-corrected chi connectivity index (χ0v) is 11.6. The largest absolute Gasteiger partial charge is 0.497 e. The van der Waals surface area contributed by atoms with Gasteiger partial charge in [-0.3, -0.25) is 0 Å². The zero-order valence-electron chi connectivity index (χ0n) is 11.6. The molecule has 0 saturated carbocycles. The number of rotatable bonds is 5. The number of aryl methyl sites for hydroxylation is 1. The molecule has 0 radical (unpaired) electrons. The van der Waals surface area contributed by atoms with Crippen molar-refractivity contribution in [2.24, 2.45) is 5.73 Å². The van der Waals surface area contributed by atoms with Crippen molar-refractivity contribution in [1.82, 2.24) is 0 Å². The molecule has 0 heterocycles. The van der Waals surface area contributed by atoms with Gasteiger partial charge in [0.25, 0.3) is 0 Å². The smallest absolute Gasteiger partial charge is 0.119 e. The van der Waals surface area contributed by atoms with E-state index in [2.05, 4.69) is 31.2 Å². The third-order valence-corrected chi connectivity index (χ3v) is 3.33. The number of methoxy groups -OCH3 is 1. The summed E-state index contributed by atoms with van der Waals surface area (Å²) in [6.07, 6.45) is 2.29. The summed E-state index contributed by atoms with van der Waals surface area (Å²) < 4.78 is 5.24. The molecule has 0 bridgehead atoms. The first-order chi connectivity index (χ1) is 9.24. The summed E-state index contributed by atoms with van der Waals surface area (Å²) in [5.41, 5.74) is 9.88. The van der Waals surface area contributed by atoms with Gasteiger partial charge in [-0.05, 0) is 35.2 Å². The molecule has 2 N–H and O–H groups in total. The van der Waals surface area contributed by atoms with Crippen LogP contribution in [0.15, 0.2) is 48.5 Å². The highest BCUT2D eigenvalue weighted by molar-refractivity contribution is 5.37. The first-order valence-corrected chi connectivity index (χ1v) is 6.73. The third kappa shape index (κ3) is 3.36. The Morgan fingerprint density at radius 3 is 2.42 bits per heavy atom. The summed E-state index contributed by atoms with van der Waals surface area (Å²) in [5, 5.41) is 0. The molecule has 0 aliphatic rings. The zero-order chi connectivity index (χ0) is 13.7. The molecule has 2 aromatic carbocycles. The quantitative estimate of drug-likeness (QED) is 0.884. The Labute approximate surface area is 115 Å². The molecule has 0 amide bonds. The molecule has 2 rings (SSSR count). The fraction of sp³-hybridized carbons (Fsp3) is 0.294. The molecular formula is C17H21NO. The molecule has 2 aromatic rings. The van der Waals surface area contributed by atoms with Gasteiger partial charge in [0.2, 0.25) is 0 Å². The van der Waals surface area contributed by atoms with Crippen LogP contribution in [0.4, 0.5) is 0 Å². The van der Waals surface area contributed by atoms with Gasteiger partial charge in [-0.2, -0.15) is 0 Å². The van der Waals surface area contributed by atoms with E-state index in [4.69, 9.17) is 10.5 Å². The van der Waals surface area contributed by atoms with Crippen molar-refractivity contribution < 1.29 is 4.74 Å². The summed E-state index contributed by atoms with van der Waals surface area (Å²) in [4.78, 5) is 0. The third-order valence-electron chi connectivity index (χ3n) is 3.33. The van der Waals surface area contributed by atoms with E-state index in [1.807, 2.05) is 24.3 Å². The summed E-state index contributed by atoms with van der Waals surface area (Å²) >= 11 is 0. The molecule has 0 aliphatic heterocycles. The predicted octanol–water partition coefficient (Wildman–Crippen LogP) is 3.70. The highest BCUT2D eigenvalue weighted by Crippen LogP contribution is 2.23. The minimum Gasteiger partial charge on any atom is -0.497 e. The molecule has 0 spiro atoms. The second-order valence-electron chi connectivity index (χ2n) is 4.75. The first kappa shape index (κ1) is 13.6. The lowest BCUT2D eigenvalue weighted by atomic mass is 9.97. The van der Waals surface area contributed by atoms with Crippen LogP contribution in [0.25, 0.3) is 0 Å². The minimum atomic E-state index is -0.106. The Morgan fingerprint density at radius 2 is 1.79 bits per heavy atom. The normalized spacial score (nSPS) is 12.2. The standard InChI is InChI=1S/C17H21NO/c1-3-5-13-8-10-14(11-9-13)17(18)15-6-4-7-16(12-15)19-2/h4,6-12,17H,3,5,18H2,1-2H3. The van der Waals surface area contributed by atoms with Crippen molar-refractivity contribution >= 4 is 0 Å². The molecule has 19 heavy (non-hydrogen) atoms. The van der Waals surface area contributed by atoms with E-state index >= 15 is 0 Å². The molecule has 2 nitrogen and oxygen atoms in total. The molecule has 0 aromatic heterocycles. The van der Waals surface area contributed by atoms with E-state index in [1.54, 1.807) is 7.11 Å². The Kier molecular flexibility index (Phi) is 4.58. The maximum atomic E-state index is 6.31. The van der Waals surface area contributed by atoms with Gasteiger partial charge in [-0.1, -0.05) is 49.7 Å². The highest BCUT2D eigenvalue weighted by atomic mass is 16.5. The van der Waals surface area contributed by atoms with Crippen LogP contribution in [-0.2, 0) is 6.42 Å². The monoisotopic (exact) mass is 255 g/mol. The van der Waals surface area contributed by atoms with Gasteiger partial charge >= 0.3 is 0 Å². The van der Waals surface area contributed by atoms with Gasteiger partial charge in [-0.25, -0.2) is 0 Å². The molecule has 0 aliphatic carbocycles. The average Bonchev–Trinajstić information content (AvgIpc) is 2.48. The molecular weight excluding hydrogens is 234 g/mol. The van der Waals surface area contributed by atoms with E-state index in [0.29, 0.717) is 0 Å². The number of hydrogen-bond acceptors (Lipinski definition) is 2. The maximum Gasteiger partial charge on any atom is 0.119 e. The van der Waals surface area contributed by atoms with Crippen molar-refractivity contribution in [2.45, 2.75) is 25.8 Å². The van der Waals surface area contributed by atoms with E-state index in [-0.39, 0.29) is 6.04 Å². The van der Waals surface area contributed by atoms with E-state index < -0.39 is 0 Å². The minimum absolute atomic E-state index is 0.106. The Morgan fingerprint density at radius 1 is 1.05 bits per heavy atom. The summed E-state index contributed by atoms with van der Waals surface area (Å²) in [5.74, 6) is 0.843. The van der Waals surface area contributed by atoms with E-state index in [0.717, 1.165) is 23.3 Å².